The molecule has 1 amide bonds. The van der Waals surface area contributed by atoms with Gasteiger partial charge in [0.2, 0.25) is 12.2 Å². The maximum absolute atomic E-state index is 12.8. The predicted molar refractivity (Wildman–Crippen MR) is 168 cm³/mol. The van der Waals surface area contributed by atoms with Crippen molar-refractivity contribution in [3.8, 4) is 12.3 Å². The van der Waals surface area contributed by atoms with Gasteiger partial charge in [0.1, 0.15) is 6.61 Å². The summed E-state index contributed by atoms with van der Waals surface area (Å²) in [7, 11) is 0. The highest BCUT2D eigenvalue weighted by molar-refractivity contribution is 5.76. The molecule has 48 heavy (non-hydrogen) atoms. The molecule has 0 aliphatic rings. The lowest BCUT2D eigenvalue weighted by molar-refractivity contribution is -0.156. The molecule has 0 unspecified atom stereocenters. The zero-order chi connectivity index (χ0) is 35.8. The van der Waals surface area contributed by atoms with Crippen molar-refractivity contribution in [1.29, 1.82) is 0 Å². The first-order valence-electron chi connectivity index (χ1n) is 15.7. The lowest BCUT2D eigenvalue weighted by atomic mass is 10.3. The van der Waals surface area contributed by atoms with Crippen molar-refractivity contribution in [2.24, 2.45) is 11.5 Å². The first-order chi connectivity index (χ1) is 23.3. The van der Waals surface area contributed by atoms with E-state index in [1.54, 1.807) is 4.90 Å². The van der Waals surface area contributed by atoms with Crippen LogP contribution < -0.4 is 11.5 Å². The minimum Gasteiger partial charge on any atom is -0.379 e. The Morgan fingerprint density at radius 3 is 1.17 bits per heavy atom. The third-order valence-electron chi connectivity index (χ3n) is 5.27. The van der Waals surface area contributed by atoms with Crippen LogP contribution in [0.3, 0.4) is 0 Å². The molecule has 4 N–H and O–H groups in total. The topological polar surface area (TPSA) is 182 Å². The zero-order valence-electron chi connectivity index (χ0n) is 28.0. The largest absolute Gasteiger partial charge is 0.446 e. The second-order valence-corrected chi connectivity index (χ2v) is 9.14. The first-order valence-corrected chi connectivity index (χ1v) is 15.7. The SMILES string of the molecule is C#CCOCCOCCOCCOCCC(=O)N(CCOCCOCCOCCN)CCOCCOCCOCCN.O=CC(F)(F)F. The van der Waals surface area contributed by atoms with Crippen LogP contribution in [0.2, 0.25) is 0 Å². The van der Waals surface area contributed by atoms with Crippen LogP contribution in [-0.2, 0) is 57.0 Å². The molecule has 0 saturated heterocycles. The van der Waals surface area contributed by atoms with Crippen LogP contribution in [-0.4, -0.2) is 182 Å². The Morgan fingerprint density at radius 1 is 0.562 bits per heavy atom. The molecule has 0 rings (SSSR count). The lowest BCUT2D eigenvalue weighted by Gasteiger charge is -2.23. The number of amides is 1. The van der Waals surface area contributed by atoms with Crippen molar-refractivity contribution in [1.82, 2.24) is 4.90 Å². The van der Waals surface area contributed by atoms with E-state index in [1.807, 2.05) is 0 Å². The number of rotatable bonds is 35. The van der Waals surface area contributed by atoms with Gasteiger partial charge in [-0.25, -0.2) is 0 Å². The Labute approximate surface area is 282 Å². The fraction of sp³-hybridized carbons (Fsp3) is 0.867. The number of alkyl halides is 3. The molecule has 0 fully saturated rings. The Bertz CT molecular complexity index is 713. The standard InChI is InChI=1S/C28H55N3O11.C2HF3O/c1-2-8-33-14-20-39-26-27-40-21-15-34-9-3-28(32)31(6-12-37-18-24-41-22-16-35-10-4-29)7-13-38-19-25-42-23-17-36-11-5-30;3-2(4,5)1-6/h1H,3-27,29-30H2;1H. The summed E-state index contributed by atoms with van der Waals surface area (Å²) in [5, 5.41) is 0. The number of ether oxygens (including phenoxy) is 10. The number of terminal acetylenes is 1. The van der Waals surface area contributed by atoms with E-state index in [2.05, 4.69) is 5.92 Å². The molecule has 0 aliphatic heterocycles. The minimum absolute atomic E-state index is 0.0369. The van der Waals surface area contributed by atoms with Crippen molar-refractivity contribution >= 4 is 12.2 Å². The average Bonchev–Trinajstić information content (AvgIpc) is 3.07. The van der Waals surface area contributed by atoms with Gasteiger partial charge < -0.3 is 63.7 Å². The fourth-order valence-electron chi connectivity index (χ4n) is 3.07. The van der Waals surface area contributed by atoms with Gasteiger partial charge in [0.15, 0.2) is 0 Å². The molecule has 0 spiro atoms. The maximum Gasteiger partial charge on any atom is 0.446 e. The Kier molecular flexibility index (Phi) is 39.6. The first kappa shape index (κ1) is 48.1. The summed E-state index contributed by atoms with van der Waals surface area (Å²) >= 11 is 0. The number of halogens is 3. The third-order valence-corrected chi connectivity index (χ3v) is 5.27. The van der Waals surface area contributed by atoms with Crippen LogP contribution in [0.4, 0.5) is 13.2 Å². The summed E-state index contributed by atoms with van der Waals surface area (Å²) in [6.07, 6.45) is -0.357. The molecule has 0 saturated carbocycles. The Hall–Kier alpha value is -1.99. The third kappa shape index (κ3) is 42.0. The molecule has 15 nitrogen and oxygen atoms in total. The van der Waals surface area contributed by atoms with Crippen LogP contribution in [0.15, 0.2) is 0 Å². The number of carbonyl (C=O) groups excluding carboxylic acids is 2. The van der Waals surface area contributed by atoms with E-state index in [0.717, 1.165) is 0 Å². The number of aldehydes is 1. The molecule has 0 aromatic heterocycles. The summed E-state index contributed by atoms with van der Waals surface area (Å²) in [4.78, 5) is 23.2. The summed E-state index contributed by atoms with van der Waals surface area (Å²) in [6, 6.07) is 0. The Morgan fingerprint density at radius 2 is 0.854 bits per heavy atom. The summed E-state index contributed by atoms with van der Waals surface area (Å²) in [5.41, 5.74) is 10.7. The van der Waals surface area contributed by atoms with Crippen molar-refractivity contribution in [3.05, 3.63) is 0 Å². The predicted octanol–water partition coefficient (Wildman–Crippen LogP) is -0.331. The van der Waals surface area contributed by atoms with Crippen LogP contribution in [0.25, 0.3) is 0 Å². The van der Waals surface area contributed by atoms with Gasteiger partial charge in [-0.1, -0.05) is 5.92 Å². The number of hydrogen-bond acceptors (Lipinski definition) is 14. The quantitative estimate of drug-likeness (QED) is 0.0496. The van der Waals surface area contributed by atoms with Gasteiger partial charge >= 0.3 is 6.18 Å². The normalized spacial score (nSPS) is 11.2. The van der Waals surface area contributed by atoms with Crippen LogP contribution in [0.5, 0.6) is 0 Å². The molecular weight excluding hydrogens is 651 g/mol. The van der Waals surface area contributed by atoms with E-state index in [9.17, 15) is 18.0 Å². The molecule has 0 radical (unpaired) electrons. The van der Waals surface area contributed by atoms with Crippen molar-refractivity contribution in [2.75, 3.05) is 158 Å². The maximum atomic E-state index is 12.8. The fourth-order valence-corrected chi connectivity index (χ4v) is 3.07. The van der Waals surface area contributed by atoms with Crippen LogP contribution in [0.1, 0.15) is 6.42 Å². The monoisotopic (exact) mass is 707 g/mol. The van der Waals surface area contributed by atoms with Crippen molar-refractivity contribution < 1.29 is 70.1 Å². The number of hydrogen-bond donors (Lipinski definition) is 2. The smallest absolute Gasteiger partial charge is 0.379 e. The Balaban J connectivity index is 0. The highest BCUT2D eigenvalue weighted by atomic mass is 19.4. The number of nitrogens with zero attached hydrogens (tertiary/aromatic N) is 1. The van der Waals surface area contributed by atoms with Gasteiger partial charge in [0.25, 0.3) is 0 Å². The molecule has 0 atom stereocenters. The molecule has 0 aromatic carbocycles. The van der Waals surface area contributed by atoms with Crippen LogP contribution in [0, 0.1) is 12.3 Å². The molecular formula is C30H56F3N3O12. The molecule has 284 valence electrons. The average molecular weight is 708 g/mol. The van der Waals surface area contributed by atoms with Crippen molar-refractivity contribution in [3.63, 3.8) is 0 Å². The van der Waals surface area contributed by atoms with Crippen LogP contribution >= 0.6 is 0 Å². The minimum atomic E-state index is -4.64. The molecule has 0 bridgehead atoms. The highest BCUT2D eigenvalue weighted by Gasteiger charge is 2.24. The van der Waals surface area contributed by atoms with Gasteiger partial charge in [-0.15, -0.1) is 6.42 Å². The van der Waals surface area contributed by atoms with Gasteiger partial charge in [0, 0.05) is 26.2 Å². The number of carbonyl (C=O) groups is 2. The van der Waals surface area contributed by atoms with Crippen molar-refractivity contribution in [2.45, 2.75) is 12.6 Å². The van der Waals surface area contributed by atoms with Gasteiger partial charge in [-0.3, -0.25) is 9.59 Å². The van der Waals surface area contributed by atoms with Gasteiger partial charge in [0.05, 0.1) is 132 Å². The lowest BCUT2D eigenvalue weighted by Crippen LogP contribution is -2.37. The molecule has 0 aliphatic carbocycles. The second kappa shape index (κ2) is 39.4. The molecule has 0 heterocycles. The van der Waals surface area contributed by atoms with E-state index in [4.69, 9.17) is 70.1 Å². The van der Waals surface area contributed by atoms with E-state index >= 15 is 0 Å². The molecule has 0 aromatic rings. The van der Waals surface area contributed by atoms with Gasteiger partial charge in [-0.05, 0) is 0 Å². The van der Waals surface area contributed by atoms with E-state index in [-0.39, 0.29) is 18.9 Å². The van der Waals surface area contributed by atoms with E-state index in [1.165, 1.54) is 0 Å². The summed E-state index contributed by atoms with van der Waals surface area (Å²) in [6.45, 7) is 10.6. The zero-order valence-corrected chi connectivity index (χ0v) is 28.0. The molecule has 18 heteroatoms. The van der Waals surface area contributed by atoms with E-state index < -0.39 is 12.5 Å². The summed E-state index contributed by atoms with van der Waals surface area (Å²) < 4.78 is 85.4. The second-order valence-electron chi connectivity index (χ2n) is 9.14. The summed E-state index contributed by atoms with van der Waals surface area (Å²) in [5.74, 6) is 2.35. The number of nitrogens with two attached hydrogens (primary N) is 2. The van der Waals surface area contributed by atoms with Gasteiger partial charge in [-0.2, -0.15) is 13.2 Å². The van der Waals surface area contributed by atoms with E-state index in [0.29, 0.717) is 152 Å². The highest BCUT2D eigenvalue weighted by Crippen LogP contribution is 2.08.